The Balaban J connectivity index is 1.07. The normalized spacial score (nSPS) is 21.0. The standard InChI is InChI=1S/C27H42N4O4/c1-27(2,3)35-26(33)31-19-24(20-31)18-28-11-9-22(10-12-28)17-29-13-15-30(16-14-29)25(32)34-21-23-7-5-4-6-8-23/h4-8,22,24H,9-21H2,1-3H3. The quantitative estimate of drug-likeness (QED) is 0.613. The lowest BCUT2D eigenvalue weighted by Crippen LogP contribution is -2.55. The second-order valence-corrected chi connectivity index (χ2v) is 11.3. The molecule has 3 aliphatic rings. The molecule has 194 valence electrons. The van der Waals surface area contributed by atoms with Crippen LogP contribution in [0.2, 0.25) is 0 Å². The van der Waals surface area contributed by atoms with Crippen LogP contribution in [0.4, 0.5) is 9.59 Å². The molecule has 0 bridgehead atoms. The number of piperidine rings is 1. The fourth-order valence-corrected chi connectivity index (χ4v) is 5.17. The van der Waals surface area contributed by atoms with Gasteiger partial charge < -0.3 is 24.2 Å². The van der Waals surface area contributed by atoms with Crippen molar-refractivity contribution in [3.8, 4) is 0 Å². The highest BCUT2D eigenvalue weighted by atomic mass is 16.6. The van der Waals surface area contributed by atoms with Crippen LogP contribution in [0.15, 0.2) is 30.3 Å². The average molecular weight is 487 g/mol. The van der Waals surface area contributed by atoms with Gasteiger partial charge in [0.05, 0.1) is 0 Å². The summed E-state index contributed by atoms with van der Waals surface area (Å²) >= 11 is 0. The summed E-state index contributed by atoms with van der Waals surface area (Å²) < 4.78 is 10.9. The fraction of sp³-hybridized carbons (Fsp3) is 0.704. The first-order valence-electron chi connectivity index (χ1n) is 13.1. The lowest BCUT2D eigenvalue weighted by Gasteiger charge is -2.43. The topological polar surface area (TPSA) is 65.6 Å². The van der Waals surface area contributed by atoms with Crippen molar-refractivity contribution in [3.05, 3.63) is 35.9 Å². The van der Waals surface area contributed by atoms with E-state index in [-0.39, 0.29) is 12.2 Å². The summed E-state index contributed by atoms with van der Waals surface area (Å²) in [5, 5.41) is 0. The van der Waals surface area contributed by atoms with Crippen LogP contribution in [0.5, 0.6) is 0 Å². The first-order valence-corrected chi connectivity index (χ1v) is 13.1. The third-order valence-electron chi connectivity index (χ3n) is 7.18. The Labute approximate surface area is 210 Å². The second kappa shape index (κ2) is 11.6. The first kappa shape index (κ1) is 25.8. The van der Waals surface area contributed by atoms with E-state index in [0.29, 0.717) is 12.5 Å². The molecule has 0 aromatic heterocycles. The van der Waals surface area contributed by atoms with Crippen molar-refractivity contribution in [3.63, 3.8) is 0 Å². The number of carbonyl (C=O) groups excluding carboxylic acids is 2. The van der Waals surface area contributed by atoms with Gasteiger partial charge in [-0.1, -0.05) is 30.3 Å². The summed E-state index contributed by atoms with van der Waals surface area (Å²) in [6.45, 7) is 15.5. The third-order valence-corrected chi connectivity index (χ3v) is 7.18. The summed E-state index contributed by atoms with van der Waals surface area (Å²) in [5.41, 5.74) is 0.589. The molecule has 2 amide bonds. The van der Waals surface area contributed by atoms with Crippen molar-refractivity contribution < 1.29 is 19.1 Å². The van der Waals surface area contributed by atoms with Crippen LogP contribution in [0, 0.1) is 11.8 Å². The van der Waals surface area contributed by atoms with Crippen molar-refractivity contribution in [2.75, 3.05) is 65.4 Å². The lowest BCUT2D eigenvalue weighted by atomic mass is 9.93. The number of rotatable bonds is 6. The summed E-state index contributed by atoms with van der Waals surface area (Å²) in [5.74, 6) is 1.29. The molecule has 3 fully saturated rings. The highest BCUT2D eigenvalue weighted by Crippen LogP contribution is 2.24. The Kier molecular flexibility index (Phi) is 8.55. The number of ether oxygens (including phenoxy) is 2. The zero-order valence-corrected chi connectivity index (χ0v) is 21.7. The van der Waals surface area contributed by atoms with Gasteiger partial charge in [-0.25, -0.2) is 9.59 Å². The number of benzene rings is 1. The minimum atomic E-state index is -0.428. The molecule has 3 aliphatic heterocycles. The monoisotopic (exact) mass is 486 g/mol. The molecule has 0 saturated carbocycles. The summed E-state index contributed by atoms with van der Waals surface area (Å²) in [7, 11) is 0. The number of hydrogen-bond acceptors (Lipinski definition) is 6. The van der Waals surface area contributed by atoms with E-state index >= 15 is 0 Å². The van der Waals surface area contributed by atoms with Gasteiger partial charge in [0.25, 0.3) is 0 Å². The van der Waals surface area contributed by atoms with Gasteiger partial charge in [-0.05, 0) is 58.2 Å². The van der Waals surface area contributed by atoms with Gasteiger partial charge in [0.1, 0.15) is 12.2 Å². The number of carbonyl (C=O) groups is 2. The van der Waals surface area contributed by atoms with Gasteiger partial charge in [0.2, 0.25) is 0 Å². The summed E-state index contributed by atoms with van der Waals surface area (Å²) in [6.07, 6.45) is 2.06. The zero-order chi connectivity index (χ0) is 24.8. The molecular formula is C27H42N4O4. The summed E-state index contributed by atoms with van der Waals surface area (Å²) in [4.78, 5) is 33.2. The van der Waals surface area contributed by atoms with Gasteiger partial charge in [0.15, 0.2) is 0 Å². The molecule has 0 N–H and O–H groups in total. The van der Waals surface area contributed by atoms with Gasteiger partial charge in [-0.2, -0.15) is 0 Å². The SMILES string of the molecule is CC(C)(C)OC(=O)N1CC(CN2CCC(CN3CCN(C(=O)OCc4ccccc4)CC3)CC2)C1. The number of hydrogen-bond donors (Lipinski definition) is 0. The van der Waals surface area contributed by atoms with Crippen molar-refractivity contribution in [2.45, 2.75) is 45.8 Å². The van der Waals surface area contributed by atoms with Gasteiger partial charge in [-0.15, -0.1) is 0 Å². The maximum Gasteiger partial charge on any atom is 0.410 e. The molecule has 8 nitrogen and oxygen atoms in total. The first-order chi connectivity index (χ1) is 16.7. The van der Waals surface area contributed by atoms with Crippen LogP contribution >= 0.6 is 0 Å². The maximum atomic E-state index is 12.4. The summed E-state index contributed by atoms with van der Waals surface area (Å²) in [6, 6.07) is 9.83. The Morgan fingerprint density at radius 3 is 2.03 bits per heavy atom. The molecule has 0 aliphatic carbocycles. The van der Waals surface area contributed by atoms with E-state index in [1.807, 2.05) is 60.9 Å². The van der Waals surface area contributed by atoms with E-state index in [1.165, 1.54) is 12.8 Å². The zero-order valence-electron chi connectivity index (χ0n) is 21.7. The Morgan fingerprint density at radius 2 is 1.40 bits per heavy atom. The Bertz CT molecular complexity index is 821. The smallest absolute Gasteiger partial charge is 0.410 e. The molecule has 3 saturated heterocycles. The molecule has 3 heterocycles. The molecule has 1 aromatic rings. The van der Waals surface area contributed by atoms with E-state index in [4.69, 9.17) is 9.47 Å². The van der Waals surface area contributed by atoms with E-state index < -0.39 is 5.60 Å². The highest BCUT2D eigenvalue weighted by Gasteiger charge is 2.35. The van der Waals surface area contributed by atoms with E-state index in [9.17, 15) is 9.59 Å². The van der Waals surface area contributed by atoms with Gasteiger partial charge in [-0.3, -0.25) is 4.90 Å². The van der Waals surface area contributed by atoms with E-state index in [2.05, 4.69) is 9.80 Å². The molecule has 0 spiro atoms. The molecule has 8 heteroatoms. The maximum absolute atomic E-state index is 12.4. The molecule has 35 heavy (non-hydrogen) atoms. The number of amides is 2. The Hall–Kier alpha value is -2.32. The Morgan fingerprint density at radius 1 is 0.800 bits per heavy atom. The number of piperazine rings is 1. The number of nitrogens with zero attached hydrogens (tertiary/aromatic N) is 4. The molecule has 0 radical (unpaired) electrons. The van der Waals surface area contributed by atoms with Crippen LogP contribution in [-0.2, 0) is 16.1 Å². The molecule has 0 atom stereocenters. The van der Waals surface area contributed by atoms with Crippen molar-refractivity contribution >= 4 is 12.2 Å². The fourth-order valence-electron chi connectivity index (χ4n) is 5.17. The van der Waals surface area contributed by atoms with E-state index in [0.717, 1.165) is 76.9 Å². The van der Waals surface area contributed by atoms with Crippen LogP contribution in [-0.4, -0.2) is 103 Å². The minimum Gasteiger partial charge on any atom is -0.445 e. The minimum absolute atomic E-state index is 0.183. The molecule has 1 aromatic carbocycles. The number of likely N-dealkylation sites (tertiary alicyclic amines) is 2. The highest BCUT2D eigenvalue weighted by molar-refractivity contribution is 5.69. The second-order valence-electron chi connectivity index (χ2n) is 11.3. The van der Waals surface area contributed by atoms with E-state index in [1.54, 1.807) is 0 Å². The third kappa shape index (κ3) is 7.84. The van der Waals surface area contributed by atoms with Crippen molar-refractivity contribution in [1.29, 1.82) is 0 Å². The van der Waals surface area contributed by atoms with Crippen molar-refractivity contribution in [2.24, 2.45) is 11.8 Å². The van der Waals surface area contributed by atoms with Crippen LogP contribution in [0.1, 0.15) is 39.2 Å². The molecule has 4 rings (SSSR count). The predicted molar refractivity (Wildman–Crippen MR) is 135 cm³/mol. The van der Waals surface area contributed by atoms with Crippen LogP contribution < -0.4 is 0 Å². The predicted octanol–water partition coefficient (Wildman–Crippen LogP) is 3.52. The average Bonchev–Trinajstić information content (AvgIpc) is 2.80. The van der Waals surface area contributed by atoms with Crippen LogP contribution in [0.25, 0.3) is 0 Å². The lowest BCUT2D eigenvalue weighted by molar-refractivity contribution is -0.00853. The van der Waals surface area contributed by atoms with Gasteiger partial charge in [0, 0.05) is 58.3 Å². The molecular weight excluding hydrogens is 444 g/mol. The molecule has 0 unspecified atom stereocenters. The van der Waals surface area contributed by atoms with Crippen molar-refractivity contribution in [1.82, 2.24) is 19.6 Å². The van der Waals surface area contributed by atoms with Crippen LogP contribution in [0.3, 0.4) is 0 Å². The van der Waals surface area contributed by atoms with Gasteiger partial charge >= 0.3 is 12.2 Å². The largest absolute Gasteiger partial charge is 0.445 e.